The zero-order valence-electron chi connectivity index (χ0n) is 10.6. The Morgan fingerprint density at radius 1 is 1.55 bits per heavy atom. The lowest BCUT2D eigenvalue weighted by molar-refractivity contribution is -0.151. The quantitative estimate of drug-likeness (QED) is 0.885. The second kappa shape index (κ2) is 5.09. The molecule has 3 heterocycles. The Kier molecular flexibility index (Phi) is 3.27. The number of aromatic nitrogens is 2. The second-order valence-corrected chi connectivity index (χ2v) is 5.70. The Balaban J connectivity index is 1.82. The van der Waals surface area contributed by atoms with Gasteiger partial charge in [-0.1, -0.05) is 6.07 Å². The van der Waals surface area contributed by atoms with Crippen LogP contribution in [0.15, 0.2) is 23.8 Å². The number of carbonyl (C=O) groups is 2. The SMILES string of the molecule is O=C(O)[C@H]1Cc2nc[nH]c2CN1C(=O)Cc1cccs1. The second-order valence-electron chi connectivity index (χ2n) is 4.66. The molecule has 7 heteroatoms. The predicted molar refractivity (Wildman–Crippen MR) is 72.3 cm³/mol. The van der Waals surface area contributed by atoms with Crippen molar-refractivity contribution in [2.45, 2.75) is 25.4 Å². The third-order valence-electron chi connectivity index (χ3n) is 3.41. The van der Waals surface area contributed by atoms with Gasteiger partial charge in [-0.2, -0.15) is 0 Å². The van der Waals surface area contributed by atoms with Crippen LogP contribution < -0.4 is 0 Å². The average molecular weight is 291 g/mol. The molecule has 2 aromatic heterocycles. The number of nitrogens with one attached hydrogen (secondary N) is 1. The van der Waals surface area contributed by atoms with Crippen molar-refractivity contribution in [1.29, 1.82) is 0 Å². The first kappa shape index (κ1) is 12.9. The summed E-state index contributed by atoms with van der Waals surface area (Å²) in [5.41, 5.74) is 1.56. The Morgan fingerprint density at radius 3 is 3.10 bits per heavy atom. The summed E-state index contributed by atoms with van der Waals surface area (Å²) in [6.07, 6.45) is 2.03. The molecule has 104 valence electrons. The van der Waals surface area contributed by atoms with E-state index in [1.165, 1.54) is 22.6 Å². The molecule has 1 aliphatic heterocycles. The monoisotopic (exact) mass is 291 g/mol. The van der Waals surface area contributed by atoms with E-state index < -0.39 is 12.0 Å². The predicted octanol–water partition coefficient (Wildman–Crippen LogP) is 1.05. The van der Waals surface area contributed by atoms with E-state index >= 15 is 0 Å². The average Bonchev–Trinajstić information content (AvgIpc) is 3.06. The Labute approximate surface area is 119 Å². The minimum absolute atomic E-state index is 0.167. The maximum Gasteiger partial charge on any atom is 0.326 e. The number of amides is 1. The molecular formula is C13H13N3O3S. The number of H-pyrrole nitrogens is 1. The normalized spacial score (nSPS) is 17.8. The van der Waals surface area contributed by atoms with E-state index in [0.29, 0.717) is 0 Å². The molecule has 0 saturated carbocycles. The van der Waals surface area contributed by atoms with Crippen molar-refractivity contribution in [2.75, 3.05) is 0 Å². The number of aromatic amines is 1. The van der Waals surface area contributed by atoms with Gasteiger partial charge in [0, 0.05) is 11.3 Å². The van der Waals surface area contributed by atoms with Gasteiger partial charge in [0.15, 0.2) is 0 Å². The summed E-state index contributed by atoms with van der Waals surface area (Å²) < 4.78 is 0. The fourth-order valence-electron chi connectivity index (χ4n) is 2.38. The molecule has 0 bridgehead atoms. The first-order valence-corrected chi connectivity index (χ1v) is 7.09. The molecule has 20 heavy (non-hydrogen) atoms. The molecule has 1 amide bonds. The molecule has 2 N–H and O–H groups in total. The first-order chi connectivity index (χ1) is 9.65. The summed E-state index contributed by atoms with van der Waals surface area (Å²) in [6, 6.07) is 2.92. The number of thiophene rings is 1. The van der Waals surface area contributed by atoms with Gasteiger partial charge in [-0.25, -0.2) is 9.78 Å². The highest BCUT2D eigenvalue weighted by atomic mass is 32.1. The summed E-state index contributed by atoms with van der Waals surface area (Å²) in [6.45, 7) is 0.274. The molecule has 3 rings (SSSR count). The number of carboxylic acid groups (broad SMARTS) is 1. The van der Waals surface area contributed by atoms with Crippen molar-refractivity contribution in [2.24, 2.45) is 0 Å². The van der Waals surface area contributed by atoms with Crippen LogP contribution in [0.1, 0.15) is 16.3 Å². The van der Waals surface area contributed by atoms with Gasteiger partial charge in [0.05, 0.1) is 30.7 Å². The zero-order chi connectivity index (χ0) is 14.1. The van der Waals surface area contributed by atoms with Crippen LogP contribution in [0.2, 0.25) is 0 Å². The molecule has 0 aliphatic carbocycles. The summed E-state index contributed by atoms with van der Waals surface area (Å²) in [5.74, 6) is -1.15. The lowest BCUT2D eigenvalue weighted by atomic mass is 10.0. The molecule has 0 saturated heterocycles. The minimum atomic E-state index is -0.988. The van der Waals surface area contributed by atoms with Crippen LogP contribution in [0.5, 0.6) is 0 Å². The molecule has 1 atom stereocenters. The number of rotatable bonds is 3. The van der Waals surface area contributed by atoms with Gasteiger partial charge < -0.3 is 15.0 Å². The van der Waals surface area contributed by atoms with Crippen molar-refractivity contribution in [3.8, 4) is 0 Å². The van der Waals surface area contributed by atoms with Gasteiger partial charge in [-0.3, -0.25) is 4.79 Å². The number of carbonyl (C=O) groups excluding carboxylic acids is 1. The maximum atomic E-state index is 12.3. The van der Waals surface area contributed by atoms with Crippen LogP contribution in [-0.2, 0) is 29.0 Å². The topological polar surface area (TPSA) is 86.3 Å². The highest BCUT2D eigenvalue weighted by molar-refractivity contribution is 7.10. The fourth-order valence-corrected chi connectivity index (χ4v) is 3.08. The van der Waals surface area contributed by atoms with Gasteiger partial charge in [0.2, 0.25) is 5.91 Å². The van der Waals surface area contributed by atoms with Crippen LogP contribution in [0.3, 0.4) is 0 Å². The molecule has 0 aromatic carbocycles. The van der Waals surface area contributed by atoms with E-state index in [4.69, 9.17) is 0 Å². The minimum Gasteiger partial charge on any atom is -0.480 e. The van der Waals surface area contributed by atoms with Gasteiger partial charge in [0.25, 0.3) is 0 Å². The third-order valence-corrected chi connectivity index (χ3v) is 4.29. The van der Waals surface area contributed by atoms with E-state index in [1.807, 2.05) is 17.5 Å². The molecule has 2 aromatic rings. The van der Waals surface area contributed by atoms with Crippen molar-refractivity contribution in [1.82, 2.24) is 14.9 Å². The Morgan fingerprint density at radius 2 is 2.40 bits per heavy atom. The molecule has 0 unspecified atom stereocenters. The summed E-state index contributed by atoms with van der Waals surface area (Å²) in [5, 5.41) is 11.2. The lowest BCUT2D eigenvalue weighted by Crippen LogP contribution is -2.49. The summed E-state index contributed by atoms with van der Waals surface area (Å²) in [4.78, 5) is 33.1. The number of hydrogen-bond donors (Lipinski definition) is 2. The van der Waals surface area contributed by atoms with Crippen molar-refractivity contribution >= 4 is 23.2 Å². The zero-order valence-corrected chi connectivity index (χ0v) is 11.4. The van der Waals surface area contributed by atoms with E-state index in [9.17, 15) is 14.7 Å². The van der Waals surface area contributed by atoms with Gasteiger partial charge in [0.1, 0.15) is 6.04 Å². The van der Waals surface area contributed by atoms with Gasteiger partial charge in [-0.15, -0.1) is 11.3 Å². The van der Waals surface area contributed by atoms with Crippen LogP contribution in [0.25, 0.3) is 0 Å². The number of aliphatic carboxylic acids is 1. The molecule has 1 aliphatic rings. The van der Waals surface area contributed by atoms with Crippen LogP contribution in [0, 0.1) is 0 Å². The highest BCUT2D eigenvalue weighted by Gasteiger charge is 2.35. The third kappa shape index (κ3) is 2.32. The lowest BCUT2D eigenvalue weighted by Gasteiger charge is -2.32. The number of carboxylic acids is 1. The Bertz CT molecular complexity index is 635. The molecular weight excluding hydrogens is 278 g/mol. The summed E-state index contributed by atoms with van der Waals surface area (Å²) in [7, 11) is 0. The summed E-state index contributed by atoms with van der Waals surface area (Å²) >= 11 is 1.50. The van der Waals surface area contributed by atoms with Crippen molar-refractivity contribution in [3.63, 3.8) is 0 Å². The standard InChI is InChI=1S/C13H13N3O3S/c17-12(4-8-2-1-3-20-8)16-6-10-9(14-7-15-10)5-11(16)13(18)19/h1-3,7,11H,4-6H2,(H,14,15)(H,18,19)/t11-/m1/s1. The number of imidazole rings is 1. The van der Waals surface area contributed by atoms with Gasteiger partial charge >= 0.3 is 5.97 Å². The number of fused-ring (bicyclic) bond motifs is 1. The smallest absolute Gasteiger partial charge is 0.326 e. The first-order valence-electron chi connectivity index (χ1n) is 6.21. The highest BCUT2D eigenvalue weighted by Crippen LogP contribution is 2.22. The van der Waals surface area contributed by atoms with E-state index in [2.05, 4.69) is 9.97 Å². The number of hydrogen-bond acceptors (Lipinski definition) is 4. The molecule has 0 radical (unpaired) electrons. The van der Waals surface area contributed by atoms with E-state index in [0.717, 1.165) is 16.3 Å². The largest absolute Gasteiger partial charge is 0.480 e. The van der Waals surface area contributed by atoms with Crippen molar-refractivity contribution in [3.05, 3.63) is 40.1 Å². The van der Waals surface area contributed by atoms with Crippen LogP contribution in [-0.4, -0.2) is 37.9 Å². The van der Waals surface area contributed by atoms with Crippen molar-refractivity contribution < 1.29 is 14.7 Å². The van der Waals surface area contributed by atoms with E-state index in [-0.39, 0.29) is 25.3 Å². The number of nitrogens with zero attached hydrogens (tertiary/aromatic N) is 2. The van der Waals surface area contributed by atoms with Crippen LogP contribution in [0.4, 0.5) is 0 Å². The van der Waals surface area contributed by atoms with E-state index in [1.54, 1.807) is 0 Å². The molecule has 0 fully saturated rings. The fraction of sp³-hybridized carbons (Fsp3) is 0.308. The molecule has 6 nitrogen and oxygen atoms in total. The maximum absolute atomic E-state index is 12.3. The van der Waals surface area contributed by atoms with Crippen LogP contribution >= 0.6 is 11.3 Å². The van der Waals surface area contributed by atoms with Gasteiger partial charge in [-0.05, 0) is 11.4 Å². The molecule has 0 spiro atoms. The Hall–Kier alpha value is -2.15.